The van der Waals surface area contributed by atoms with Crippen molar-refractivity contribution in [2.45, 2.75) is 6.92 Å². The summed E-state index contributed by atoms with van der Waals surface area (Å²) in [6.45, 7) is 1.81. The van der Waals surface area contributed by atoms with Gasteiger partial charge in [0.1, 0.15) is 17.6 Å². The van der Waals surface area contributed by atoms with E-state index < -0.39 is 0 Å². The van der Waals surface area contributed by atoms with Gasteiger partial charge in [0, 0.05) is 23.0 Å². The van der Waals surface area contributed by atoms with Gasteiger partial charge in [-0.15, -0.1) is 0 Å². The quantitative estimate of drug-likeness (QED) is 0.792. The molecule has 0 atom stereocenters. The van der Waals surface area contributed by atoms with E-state index in [-0.39, 0.29) is 0 Å². The largest absolute Gasteiger partial charge is 0.497 e. The summed E-state index contributed by atoms with van der Waals surface area (Å²) in [5, 5.41) is 10.8. The monoisotopic (exact) mass is 228 g/mol. The van der Waals surface area contributed by atoms with E-state index in [2.05, 4.69) is 11.1 Å². The Labute approximate surface area is 99.4 Å². The van der Waals surface area contributed by atoms with Gasteiger partial charge in [0.25, 0.3) is 0 Å². The second-order valence-corrected chi connectivity index (χ2v) is 3.62. The van der Waals surface area contributed by atoms with Crippen LogP contribution in [0.4, 0.5) is 0 Å². The van der Waals surface area contributed by atoms with Crippen LogP contribution >= 0.6 is 0 Å². The van der Waals surface area contributed by atoms with Crippen LogP contribution in [0.2, 0.25) is 0 Å². The van der Waals surface area contributed by atoms with Crippen LogP contribution in [0.1, 0.15) is 11.3 Å². The molecule has 0 saturated heterocycles. The molecule has 2 rings (SSSR count). The smallest absolute Gasteiger partial charge is 0.131 e. The molecule has 2 aromatic rings. The first-order valence-electron chi connectivity index (χ1n) is 5.12. The number of nitriles is 1. The molecule has 0 N–H and O–H groups in total. The van der Waals surface area contributed by atoms with Crippen LogP contribution in [0.5, 0.6) is 11.5 Å². The summed E-state index contributed by atoms with van der Waals surface area (Å²) in [5.41, 5.74) is 1.26. The Morgan fingerprint density at radius 3 is 2.53 bits per heavy atom. The third-order valence-corrected chi connectivity index (χ3v) is 2.70. The molecule has 0 fully saturated rings. The third-order valence-electron chi connectivity index (χ3n) is 2.70. The molecule has 1 aromatic heterocycles. The van der Waals surface area contributed by atoms with Gasteiger partial charge in [-0.25, -0.2) is 0 Å². The van der Waals surface area contributed by atoms with Crippen molar-refractivity contribution in [1.82, 2.24) is 4.98 Å². The fraction of sp³-hybridized carbons (Fsp3) is 0.231. The van der Waals surface area contributed by atoms with Crippen molar-refractivity contribution in [2.75, 3.05) is 14.2 Å². The van der Waals surface area contributed by atoms with E-state index in [4.69, 9.17) is 9.47 Å². The number of ether oxygens (including phenoxy) is 2. The summed E-state index contributed by atoms with van der Waals surface area (Å²) >= 11 is 0. The number of methoxy groups -OCH3 is 2. The lowest BCUT2D eigenvalue weighted by Gasteiger charge is -2.10. The van der Waals surface area contributed by atoms with Crippen LogP contribution in [0.3, 0.4) is 0 Å². The maximum atomic E-state index is 9.17. The highest BCUT2D eigenvalue weighted by Crippen LogP contribution is 2.33. The van der Waals surface area contributed by atoms with E-state index in [9.17, 15) is 5.26 Å². The molecule has 0 aliphatic carbocycles. The highest BCUT2D eigenvalue weighted by Gasteiger charge is 2.11. The van der Waals surface area contributed by atoms with Gasteiger partial charge >= 0.3 is 0 Å². The predicted molar refractivity (Wildman–Crippen MR) is 64.3 cm³/mol. The maximum absolute atomic E-state index is 9.17. The van der Waals surface area contributed by atoms with Gasteiger partial charge < -0.3 is 9.47 Å². The van der Waals surface area contributed by atoms with Crippen LogP contribution in [0.25, 0.3) is 10.8 Å². The first kappa shape index (κ1) is 11.2. The molecule has 0 aliphatic rings. The van der Waals surface area contributed by atoms with Gasteiger partial charge in [0.2, 0.25) is 0 Å². The van der Waals surface area contributed by atoms with Crippen molar-refractivity contribution in [3.05, 3.63) is 29.6 Å². The van der Waals surface area contributed by atoms with E-state index in [1.807, 2.05) is 13.0 Å². The van der Waals surface area contributed by atoms with Crippen molar-refractivity contribution in [2.24, 2.45) is 0 Å². The Morgan fingerprint density at radius 1 is 1.18 bits per heavy atom. The Balaban J connectivity index is 2.90. The highest BCUT2D eigenvalue weighted by atomic mass is 16.5. The molecule has 0 bridgehead atoms. The van der Waals surface area contributed by atoms with Crippen LogP contribution in [-0.4, -0.2) is 19.2 Å². The molecular formula is C13H12N2O2. The first-order chi connectivity index (χ1) is 8.21. The standard InChI is InChI=1S/C13H12N2O2/c1-8-11(6-14)10-4-9(16-2)5-13(17-3)12(10)7-15-8/h4-5,7H,1-3H3. The molecule has 0 unspecified atom stereocenters. The minimum absolute atomic E-state index is 0.555. The van der Waals surface area contributed by atoms with Gasteiger partial charge in [-0.3, -0.25) is 4.98 Å². The maximum Gasteiger partial charge on any atom is 0.131 e. The molecule has 0 saturated carbocycles. The fourth-order valence-corrected chi connectivity index (χ4v) is 1.79. The molecule has 0 radical (unpaired) electrons. The molecule has 0 amide bonds. The number of aromatic nitrogens is 1. The molecule has 0 spiro atoms. The zero-order valence-corrected chi connectivity index (χ0v) is 9.94. The second-order valence-electron chi connectivity index (χ2n) is 3.62. The van der Waals surface area contributed by atoms with Crippen molar-refractivity contribution >= 4 is 10.8 Å². The van der Waals surface area contributed by atoms with Crippen molar-refractivity contribution in [3.63, 3.8) is 0 Å². The number of benzene rings is 1. The summed E-state index contributed by atoms with van der Waals surface area (Å²) in [6, 6.07) is 5.77. The van der Waals surface area contributed by atoms with Crippen LogP contribution in [0.15, 0.2) is 18.3 Å². The summed E-state index contributed by atoms with van der Waals surface area (Å²) < 4.78 is 10.5. The average Bonchev–Trinajstić information content (AvgIpc) is 2.37. The minimum atomic E-state index is 0.555. The Hall–Kier alpha value is -2.28. The van der Waals surface area contributed by atoms with E-state index in [1.165, 1.54) is 0 Å². The van der Waals surface area contributed by atoms with Crippen molar-refractivity contribution in [3.8, 4) is 17.6 Å². The topological polar surface area (TPSA) is 55.1 Å². The lowest BCUT2D eigenvalue weighted by atomic mass is 10.0. The van der Waals surface area contributed by atoms with Crippen LogP contribution < -0.4 is 9.47 Å². The van der Waals surface area contributed by atoms with E-state index in [0.29, 0.717) is 22.8 Å². The Kier molecular flexibility index (Phi) is 2.84. The zero-order valence-electron chi connectivity index (χ0n) is 9.94. The van der Waals surface area contributed by atoms with Crippen LogP contribution in [0, 0.1) is 18.3 Å². The number of hydrogen-bond acceptors (Lipinski definition) is 4. The van der Waals surface area contributed by atoms with Crippen LogP contribution in [-0.2, 0) is 0 Å². The lowest BCUT2D eigenvalue weighted by molar-refractivity contribution is 0.398. The summed E-state index contributed by atoms with van der Waals surface area (Å²) in [7, 11) is 3.17. The van der Waals surface area contributed by atoms with Gasteiger partial charge in [-0.05, 0) is 13.0 Å². The molecule has 1 aromatic carbocycles. The number of pyridine rings is 1. The van der Waals surface area contributed by atoms with Gasteiger partial charge in [-0.2, -0.15) is 5.26 Å². The average molecular weight is 228 g/mol. The molecule has 17 heavy (non-hydrogen) atoms. The van der Waals surface area contributed by atoms with E-state index in [0.717, 1.165) is 10.8 Å². The molecule has 4 nitrogen and oxygen atoms in total. The van der Waals surface area contributed by atoms with E-state index in [1.54, 1.807) is 26.5 Å². The van der Waals surface area contributed by atoms with Crippen molar-refractivity contribution in [1.29, 1.82) is 5.26 Å². The minimum Gasteiger partial charge on any atom is -0.497 e. The summed E-state index contributed by atoms with van der Waals surface area (Å²) in [5.74, 6) is 1.32. The Bertz CT molecular complexity index is 615. The molecule has 1 heterocycles. The highest BCUT2D eigenvalue weighted by molar-refractivity contribution is 5.93. The van der Waals surface area contributed by atoms with Gasteiger partial charge in [0.15, 0.2) is 0 Å². The van der Waals surface area contributed by atoms with Gasteiger partial charge in [0.05, 0.1) is 25.5 Å². The number of hydrogen-bond donors (Lipinski definition) is 0. The lowest BCUT2D eigenvalue weighted by Crippen LogP contribution is -1.94. The molecular weight excluding hydrogens is 216 g/mol. The predicted octanol–water partition coefficient (Wildman–Crippen LogP) is 2.43. The van der Waals surface area contributed by atoms with E-state index >= 15 is 0 Å². The van der Waals surface area contributed by atoms with Gasteiger partial charge in [-0.1, -0.05) is 0 Å². The summed E-state index contributed by atoms with van der Waals surface area (Å²) in [4.78, 5) is 4.20. The molecule has 4 heteroatoms. The molecule has 86 valence electrons. The third kappa shape index (κ3) is 1.76. The normalized spacial score (nSPS) is 10.0. The summed E-state index contributed by atoms with van der Waals surface area (Å²) in [6.07, 6.45) is 1.71. The number of fused-ring (bicyclic) bond motifs is 1. The number of aryl methyl sites for hydroxylation is 1. The second kappa shape index (κ2) is 4.30. The van der Waals surface area contributed by atoms with Crippen molar-refractivity contribution < 1.29 is 9.47 Å². The Morgan fingerprint density at radius 2 is 1.94 bits per heavy atom. The first-order valence-corrected chi connectivity index (χ1v) is 5.12. The molecule has 0 aliphatic heterocycles. The number of nitrogens with zero attached hydrogens (tertiary/aromatic N) is 2. The SMILES string of the molecule is COc1cc(OC)c2cnc(C)c(C#N)c2c1. The fourth-order valence-electron chi connectivity index (χ4n) is 1.79. The number of rotatable bonds is 2. The zero-order chi connectivity index (χ0) is 12.4.